The molecule has 0 amide bonds. The van der Waals surface area contributed by atoms with E-state index in [1.54, 1.807) is 12.1 Å². The van der Waals surface area contributed by atoms with Gasteiger partial charge in [0.2, 0.25) is 0 Å². The molecule has 1 aromatic heterocycles. The third kappa shape index (κ3) is 3.17. The van der Waals surface area contributed by atoms with Crippen molar-refractivity contribution in [1.82, 2.24) is 4.98 Å². The third-order valence-corrected chi connectivity index (χ3v) is 4.52. The number of H-pyrrole nitrogens is 1. The molecule has 0 saturated heterocycles. The van der Waals surface area contributed by atoms with Gasteiger partial charge in [0.25, 0.3) is 10.0 Å². The van der Waals surface area contributed by atoms with Crippen LogP contribution in [0.5, 0.6) is 0 Å². The average Bonchev–Trinajstić information content (AvgIpc) is 2.82. The van der Waals surface area contributed by atoms with Crippen molar-refractivity contribution in [2.45, 2.75) is 18.4 Å². The van der Waals surface area contributed by atoms with Gasteiger partial charge in [-0.2, -0.15) is 0 Å². The first-order valence-corrected chi connectivity index (χ1v) is 7.86. The Morgan fingerprint density at radius 2 is 2.11 bits per heavy atom. The molecule has 102 valence electrons. The van der Waals surface area contributed by atoms with Crippen LogP contribution in [0.3, 0.4) is 0 Å². The quantitative estimate of drug-likeness (QED) is 0.796. The number of nitrogens with two attached hydrogens (primary N) is 1. The molecule has 0 radical (unpaired) electrons. The number of hydrogen-bond donors (Lipinski definition) is 3. The summed E-state index contributed by atoms with van der Waals surface area (Å²) >= 11 is 3.34. The molecule has 19 heavy (non-hydrogen) atoms. The summed E-state index contributed by atoms with van der Waals surface area (Å²) in [6.45, 7) is 2.11. The summed E-state index contributed by atoms with van der Waals surface area (Å²) in [5, 5.41) is 0. The second kappa shape index (κ2) is 5.36. The molecule has 0 unspecified atom stereocenters. The fourth-order valence-corrected chi connectivity index (χ4v) is 3.26. The first-order chi connectivity index (χ1) is 8.92. The van der Waals surface area contributed by atoms with Crippen LogP contribution in [0.2, 0.25) is 0 Å². The van der Waals surface area contributed by atoms with Crippen LogP contribution >= 0.6 is 15.9 Å². The minimum absolute atomic E-state index is 0.176. The van der Waals surface area contributed by atoms with Crippen molar-refractivity contribution in [2.75, 3.05) is 4.72 Å². The number of hydrogen-bond acceptors (Lipinski definition) is 3. The molecule has 0 bridgehead atoms. The Hall–Kier alpha value is -1.31. The highest BCUT2D eigenvalue weighted by molar-refractivity contribution is 9.10. The van der Waals surface area contributed by atoms with Crippen LogP contribution in [0.25, 0.3) is 0 Å². The Bertz CT molecular complexity index is 695. The van der Waals surface area contributed by atoms with Crippen LogP contribution in [0.1, 0.15) is 11.3 Å². The molecular formula is C12H14BrN3O2S. The van der Waals surface area contributed by atoms with Crippen LogP contribution in [0, 0.1) is 6.92 Å². The minimum atomic E-state index is -3.59. The van der Waals surface area contributed by atoms with Crippen molar-refractivity contribution >= 4 is 31.6 Å². The lowest BCUT2D eigenvalue weighted by molar-refractivity contribution is 0.601. The molecular weight excluding hydrogens is 330 g/mol. The highest BCUT2D eigenvalue weighted by Gasteiger charge is 2.16. The monoisotopic (exact) mass is 343 g/mol. The van der Waals surface area contributed by atoms with Crippen molar-refractivity contribution in [1.29, 1.82) is 0 Å². The number of benzene rings is 1. The zero-order valence-corrected chi connectivity index (χ0v) is 12.7. The van der Waals surface area contributed by atoms with E-state index in [1.165, 1.54) is 12.3 Å². The molecule has 2 aromatic rings. The Morgan fingerprint density at radius 1 is 1.37 bits per heavy atom. The number of halogens is 1. The van der Waals surface area contributed by atoms with Crippen LogP contribution in [0.15, 0.2) is 39.8 Å². The van der Waals surface area contributed by atoms with Gasteiger partial charge in [0.15, 0.2) is 0 Å². The standard InChI is InChI=1S/C12H14BrN3O2S/c1-8-4-9(13)2-3-12(8)16-19(17,18)11-5-10(6-14)15-7-11/h2-5,7,15-16H,6,14H2,1H3. The van der Waals surface area contributed by atoms with Gasteiger partial charge in [-0.1, -0.05) is 15.9 Å². The van der Waals surface area contributed by atoms with Crippen molar-refractivity contribution < 1.29 is 8.42 Å². The number of aromatic amines is 1. The summed E-state index contributed by atoms with van der Waals surface area (Å²) < 4.78 is 27.8. The molecule has 0 aliphatic carbocycles. The number of anilines is 1. The number of aryl methyl sites for hydroxylation is 1. The fraction of sp³-hybridized carbons (Fsp3) is 0.167. The lowest BCUT2D eigenvalue weighted by Crippen LogP contribution is -2.13. The zero-order valence-electron chi connectivity index (χ0n) is 10.3. The SMILES string of the molecule is Cc1cc(Br)ccc1NS(=O)(=O)c1c[nH]c(CN)c1. The topological polar surface area (TPSA) is 88.0 Å². The van der Waals surface area contributed by atoms with Gasteiger partial charge < -0.3 is 10.7 Å². The second-order valence-corrected chi connectivity index (χ2v) is 6.73. The maximum Gasteiger partial charge on any atom is 0.263 e. The Labute approximate surface area is 120 Å². The number of rotatable bonds is 4. The number of nitrogens with one attached hydrogen (secondary N) is 2. The van der Waals surface area contributed by atoms with Crippen molar-refractivity contribution in [3.05, 3.63) is 46.2 Å². The van der Waals surface area contributed by atoms with Crippen molar-refractivity contribution in [2.24, 2.45) is 5.73 Å². The van der Waals surface area contributed by atoms with E-state index < -0.39 is 10.0 Å². The summed E-state index contributed by atoms with van der Waals surface area (Å²) in [4.78, 5) is 3.00. The van der Waals surface area contributed by atoms with E-state index in [4.69, 9.17) is 5.73 Å². The van der Waals surface area contributed by atoms with Gasteiger partial charge in [-0.25, -0.2) is 8.42 Å². The second-order valence-electron chi connectivity index (χ2n) is 4.13. The summed E-state index contributed by atoms with van der Waals surface area (Å²) in [7, 11) is -3.59. The largest absolute Gasteiger partial charge is 0.363 e. The highest BCUT2D eigenvalue weighted by Crippen LogP contribution is 2.23. The molecule has 0 fully saturated rings. The van der Waals surface area contributed by atoms with E-state index in [9.17, 15) is 8.42 Å². The molecule has 7 heteroatoms. The minimum Gasteiger partial charge on any atom is -0.363 e. The van der Waals surface area contributed by atoms with E-state index in [0.29, 0.717) is 11.4 Å². The van der Waals surface area contributed by atoms with E-state index >= 15 is 0 Å². The molecule has 0 saturated carbocycles. The normalized spacial score (nSPS) is 11.5. The van der Waals surface area contributed by atoms with Crippen LogP contribution in [-0.2, 0) is 16.6 Å². The summed E-state index contributed by atoms with van der Waals surface area (Å²) in [6.07, 6.45) is 1.43. The van der Waals surface area contributed by atoms with Gasteiger partial charge in [0.05, 0.1) is 5.69 Å². The van der Waals surface area contributed by atoms with Gasteiger partial charge >= 0.3 is 0 Å². The number of sulfonamides is 1. The fourth-order valence-electron chi connectivity index (χ4n) is 1.64. The molecule has 1 aromatic carbocycles. The third-order valence-electron chi connectivity index (χ3n) is 2.68. The van der Waals surface area contributed by atoms with Gasteiger partial charge in [-0.3, -0.25) is 4.72 Å². The molecule has 5 nitrogen and oxygen atoms in total. The maximum atomic E-state index is 12.2. The smallest absolute Gasteiger partial charge is 0.263 e. The van der Waals surface area contributed by atoms with Crippen LogP contribution in [0.4, 0.5) is 5.69 Å². The molecule has 2 rings (SSSR count). The highest BCUT2D eigenvalue weighted by atomic mass is 79.9. The van der Waals surface area contributed by atoms with Gasteiger partial charge in [0, 0.05) is 22.9 Å². The van der Waals surface area contributed by atoms with Crippen LogP contribution in [-0.4, -0.2) is 13.4 Å². The molecule has 1 heterocycles. The lowest BCUT2D eigenvalue weighted by Gasteiger charge is -2.09. The Morgan fingerprint density at radius 3 is 2.68 bits per heavy atom. The predicted octanol–water partition coefficient (Wildman–Crippen LogP) is 2.35. The molecule has 0 spiro atoms. The lowest BCUT2D eigenvalue weighted by atomic mass is 10.2. The predicted molar refractivity (Wildman–Crippen MR) is 78.4 cm³/mol. The average molecular weight is 344 g/mol. The van der Waals surface area contributed by atoms with Crippen molar-refractivity contribution in [3.8, 4) is 0 Å². The molecule has 4 N–H and O–H groups in total. The summed E-state index contributed by atoms with van der Waals surface area (Å²) in [6, 6.07) is 6.87. The van der Waals surface area contributed by atoms with E-state index in [1.807, 2.05) is 13.0 Å². The zero-order chi connectivity index (χ0) is 14.0. The van der Waals surface area contributed by atoms with Gasteiger partial charge in [-0.05, 0) is 36.8 Å². The molecule has 0 aliphatic heterocycles. The first-order valence-electron chi connectivity index (χ1n) is 5.59. The van der Waals surface area contributed by atoms with Crippen LogP contribution < -0.4 is 10.5 Å². The van der Waals surface area contributed by atoms with E-state index in [0.717, 1.165) is 10.0 Å². The summed E-state index contributed by atoms with van der Waals surface area (Å²) in [5.74, 6) is 0. The maximum absolute atomic E-state index is 12.2. The number of aromatic nitrogens is 1. The van der Waals surface area contributed by atoms with E-state index in [2.05, 4.69) is 25.6 Å². The molecule has 0 aliphatic rings. The first kappa shape index (κ1) is 14.1. The Balaban J connectivity index is 2.30. The van der Waals surface area contributed by atoms with E-state index in [-0.39, 0.29) is 11.4 Å². The summed E-state index contributed by atoms with van der Waals surface area (Å²) in [5.41, 5.74) is 7.52. The molecule has 0 atom stereocenters. The Kier molecular flexibility index (Phi) is 3.98. The van der Waals surface area contributed by atoms with Gasteiger partial charge in [-0.15, -0.1) is 0 Å². The van der Waals surface area contributed by atoms with Crippen molar-refractivity contribution in [3.63, 3.8) is 0 Å². The van der Waals surface area contributed by atoms with Gasteiger partial charge in [0.1, 0.15) is 4.90 Å².